The molecular formula is C18H20ClNO3S. The molecule has 1 fully saturated rings. The van der Waals surface area contributed by atoms with Gasteiger partial charge in [-0.15, -0.1) is 0 Å². The second-order valence-corrected chi connectivity index (χ2v) is 8.28. The monoisotopic (exact) mass is 365 g/mol. The fourth-order valence-corrected chi connectivity index (χ4v) is 4.61. The maximum Gasteiger partial charge on any atom is 0.180 e. The molecule has 1 aliphatic rings. The van der Waals surface area contributed by atoms with Gasteiger partial charge in [0.1, 0.15) is 0 Å². The summed E-state index contributed by atoms with van der Waals surface area (Å²) in [6.07, 6.45) is 0. The molecule has 128 valence electrons. The van der Waals surface area contributed by atoms with Crippen LogP contribution in [0.4, 0.5) is 0 Å². The van der Waals surface area contributed by atoms with Crippen molar-refractivity contribution in [2.24, 2.45) is 0 Å². The third kappa shape index (κ3) is 4.16. The molecule has 24 heavy (non-hydrogen) atoms. The zero-order chi connectivity index (χ0) is 17.0. The summed E-state index contributed by atoms with van der Waals surface area (Å²) in [5, 5.41) is 0.529. The molecule has 0 radical (unpaired) electrons. The Morgan fingerprint density at radius 3 is 2.25 bits per heavy atom. The van der Waals surface area contributed by atoms with Crippen LogP contribution in [0.5, 0.6) is 0 Å². The zero-order valence-electron chi connectivity index (χ0n) is 13.3. The Hall–Kier alpha value is -1.40. The summed E-state index contributed by atoms with van der Waals surface area (Å²) in [5.74, 6) is 0.0403. The van der Waals surface area contributed by atoms with E-state index in [-0.39, 0.29) is 11.8 Å². The van der Waals surface area contributed by atoms with Crippen molar-refractivity contribution in [2.45, 2.75) is 10.9 Å². The van der Waals surface area contributed by atoms with E-state index < -0.39 is 9.84 Å². The summed E-state index contributed by atoms with van der Waals surface area (Å²) in [6.45, 7) is 2.72. The first-order valence-electron chi connectivity index (χ1n) is 7.91. The van der Waals surface area contributed by atoms with Crippen LogP contribution in [0.25, 0.3) is 0 Å². The summed E-state index contributed by atoms with van der Waals surface area (Å²) in [7, 11) is -3.41. The molecule has 0 aliphatic carbocycles. The van der Waals surface area contributed by atoms with Crippen LogP contribution >= 0.6 is 11.6 Å². The second-order valence-electron chi connectivity index (χ2n) is 5.81. The molecule has 0 amide bonds. The minimum atomic E-state index is -3.41. The van der Waals surface area contributed by atoms with Crippen LogP contribution in [0.3, 0.4) is 0 Å². The van der Waals surface area contributed by atoms with Crippen molar-refractivity contribution in [3.63, 3.8) is 0 Å². The number of ether oxygens (including phenoxy) is 1. The molecule has 6 heteroatoms. The predicted molar refractivity (Wildman–Crippen MR) is 95.1 cm³/mol. The topological polar surface area (TPSA) is 46.6 Å². The molecule has 0 saturated carbocycles. The van der Waals surface area contributed by atoms with Gasteiger partial charge in [-0.05, 0) is 29.8 Å². The number of benzene rings is 2. The van der Waals surface area contributed by atoms with E-state index in [1.54, 1.807) is 24.3 Å². The van der Waals surface area contributed by atoms with Gasteiger partial charge in [0.05, 0.1) is 23.9 Å². The first-order valence-corrected chi connectivity index (χ1v) is 9.94. The largest absolute Gasteiger partial charge is 0.379 e. The van der Waals surface area contributed by atoms with Crippen LogP contribution < -0.4 is 0 Å². The van der Waals surface area contributed by atoms with E-state index in [4.69, 9.17) is 16.3 Å². The highest BCUT2D eigenvalue weighted by Gasteiger charge is 2.28. The van der Waals surface area contributed by atoms with Crippen molar-refractivity contribution in [1.29, 1.82) is 0 Å². The minimum absolute atomic E-state index is 0.0403. The van der Waals surface area contributed by atoms with Gasteiger partial charge in [0.2, 0.25) is 0 Å². The normalized spacial score (nSPS) is 17.5. The van der Waals surface area contributed by atoms with Crippen LogP contribution in [-0.4, -0.2) is 45.4 Å². The number of halogens is 1. The van der Waals surface area contributed by atoms with Crippen LogP contribution in [0.15, 0.2) is 59.5 Å². The van der Waals surface area contributed by atoms with Gasteiger partial charge < -0.3 is 4.74 Å². The first kappa shape index (κ1) is 17.4. The van der Waals surface area contributed by atoms with Crippen molar-refractivity contribution in [1.82, 2.24) is 4.90 Å². The molecule has 0 spiro atoms. The Labute approximate surface area is 147 Å². The molecule has 1 unspecified atom stereocenters. The number of hydrogen-bond donors (Lipinski definition) is 0. The van der Waals surface area contributed by atoms with Crippen LogP contribution in [-0.2, 0) is 14.6 Å². The van der Waals surface area contributed by atoms with Gasteiger partial charge in [0.25, 0.3) is 0 Å². The quantitative estimate of drug-likeness (QED) is 0.816. The van der Waals surface area contributed by atoms with Crippen molar-refractivity contribution < 1.29 is 13.2 Å². The summed E-state index contributed by atoms with van der Waals surface area (Å²) in [6, 6.07) is 16.0. The Morgan fingerprint density at radius 1 is 1.00 bits per heavy atom. The molecule has 0 N–H and O–H groups in total. The fourth-order valence-electron chi connectivity index (χ4n) is 2.92. The smallest absolute Gasteiger partial charge is 0.180 e. The van der Waals surface area contributed by atoms with E-state index in [2.05, 4.69) is 4.90 Å². The van der Waals surface area contributed by atoms with E-state index in [1.165, 1.54) is 0 Å². The SMILES string of the molecule is O=S(=O)(CC(c1ccccc1)N1CCOCC1)c1ccc(Cl)cc1. The number of morpholine rings is 1. The average Bonchev–Trinajstić information content (AvgIpc) is 2.62. The Balaban J connectivity index is 1.89. The Bertz CT molecular complexity index is 757. The second kappa shape index (κ2) is 7.66. The fraction of sp³-hybridized carbons (Fsp3) is 0.333. The predicted octanol–water partition coefficient (Wildman–Crippen LogP) is 3.19. The van der Waals surface area contributed by atoms with Gasteiger partial charge in [-0.1, -0.05) is 41.9 Å². The number of hydrogen-bond acceptors (Lipinski definition) is 4. The standard InChI is InChI=1S/C18H20ClNO3S/c19-16-6-8-17(9-7-16)24(21,22)14-18(15-4-2-1-3-5-15)20-10-12-23-13-11-20/h1-9,18H,10-14H2. The Morgan fingerprint density at radius 2 is 1.62 bits per heavy atom. The lowest BCUT2D eigenvalue weighted by Crippen LogP contribution is -2.41. The van der Waals surface area contributed by atoms with E-state index >= 15 is 0 Å². The van der Waals surface area contributed by atoms with Gasteiger partial charge in [-0.3, -0.25) is 4.90 Å². The van der Waals surface area contributed by atoms with Crippen molar-refractivity contribution in [2.75, 3.05) is 32.1 Å². The van der Waals surface area contributed by atoms with E-state index in [0.29, 0.717) is 23.1 Å². The minimum Gasteiger partial charge on any atom is -0.379 e. The number of rotatable bonds is 5. The first-order chi connectivity index (χ1) is 11.6. The lowest BCUT2D eigenvalue weighted by molar-refractivity contribution is 0.0205. The molecule has 1 heterocycles. The van der Waals surface area contributed by atoms with Crippen molar-refractivity contribution in [3.05, 3.63) is 65.2 Å². The number of sulfone groups is 1. The van der Waals surface area contributed by atoms with Crippen LogP contribution in [0.2, 0.25) is 5.02 Å². The highest BCUT2D eigenvalue weighted by atomic mass is 35.5. The molecule has 4 nitrogen and oxygen atoms in total. The average molecular weight is 366 g/mol. The van der Waals surface area contributed by atoms with Gasteiger partial charge in [-0.2, -0.15) is 0 Å². The third-order valence-electron chi connectivity index (χ3n) is 4.22. The summed E-state index contributed by atoms with van der Waals surface area (Å²) in [4.78, 5) is 2.49. The number of nitrogens with zero attached hydrogens (tertiary/aromatic N) is 1. The van der Waals surface area contributed by atoms with E-state index in [1.807, 2.05) is 30.3 Å². The summed E-state index contributed by atoms with van der Waals surface area (Å²) < 4.78 is 31.1. The lowest BCUT2D eigenvalue weighted by Gasteiger charge is -2.34. The highest BCUT2D eigenvalue weighted by molar-refractivity contribution is 7.91. The molecular weight excluding hydrogens is 346 g/mol. The molecule has 2 aromatic rings. The van der Waals surface area contributed by atoms with Crippen LogP contribution in [0, 0.1) is 0 Å². The van der Waals surface area contributed by atoms with Gasteiger partial charge >= 0.3 is 0 Å². The van der Waals surface area contributed by atoms with E-state index in [9.17, 15) is 8.42 Å². The Kier molecular flexibility index (Phi) is 5.56. The van der Waals surface area contributed by atoms with Crippen molar-refractivity contribution >= 4 is 21.4 Å². The molecule has 0 bridgehead atoms. The van der Waals surface area contributed by atoms with Crippen molar-refractivity contribution in [3.8, 4) is 0 Å². The summed E-state index contributed by atoms with van der Waals surface area (Å²) >= 11 is 5.87. The maximum absolute atomic E-state index is 12.9. The molecule has 0 aromatic heterocycles. The van der Waals surface area contributed by atoms with E-state index in [0.717, 1.165) is 18.7 Å². The zero-order valence-corrected chi connectivity index (χ0v) is 14.8. The van der Waals surface area contributed by atoms with Crippen LogP contribution in [0.1, 0.15) is 11.6 Å². The van der Waals surface area contributed by atoms with Gasteiger partial charge in [0.15, 0.2) is 9.84 Å². The molecule has 1 aliphatic heterocycles. The molecule has 3 rings (SSSR count). The molecule has 1 saturated heterocycles. The van der Waals surface area contributed by atoms with Gasteiger partial charge in [0, 0.05) is 24.2 Å². The highest BCUT2D eigenvalue weighted by Crippen LogP contribution is 2.27. The summed E-state index contributed by atoms with van der Waals surface area (Å²) in [5.41, 5.74) is 1.01. The maximum atomic E-state index is 12.9. The third-order valence-corrected chi connectivity index (χ3v) is 6.22. The molecule has 1 atom stereocenters. The molecule has 2 aromatic carbocycles. The lowest BCUT2D eigenvalue weighted by atomic mass is 10.1. The van der Waals surface area contributed by atoms with Gasteiger partial charge in [-0.25, -0.2) is 8.42 Å².